The van der Waals surface area contributed by atoms with Crippen molar-refractivity contribution in [2.24, 2.45) is 28.8 Å². The number of cyclic esters (lactones) is 1. The summed E-state index contributed by atoms with van der Waals surface area (Å²) in [6, 6.07) is -0.328. The summed E-state index contributed by atoms with van der Waals surface area (Å²) in [7, 11) is 6.76. The van der Waals surface area contributed by atoms with Crippen molar-refractivity contribution in [2.75, 3.05) is 48.3 Å². The second kappa shape index (κ2) is 21.5. The Balaban J connectivity index is 2.22. The molecule has 0 amide bonds. The van der Waals surface area contributed by atoms with E-state index in [9.17, 15) is 30.3 Å². The van der Waals surface area contributed by atoms with Crippen LogP contribution in [0.1, 0.15) is 94.9 Å². The number of hydrogen-bond acceptors (Lipinski definition) is 17. The van der Waals surface area contributed by atoms with Crippen molar-refractivity contribution in [3.05, 3.63) is 0 Å². The second-order valence-corrected chi connectivity index (χ2v) is 17.7. The molecule has 3 rings (SSSR count). The van der Waals surface area contributed by atoms with E-state index in [-0.39, 0.29) is 44.8 Å². The van der Waals surface area contributed by atoms with E-state index in [0.717, 1.165) is 0 Å². The first-order chi connectivity index (χ1) is 27.0. The number of carbonyl (C=O) groups is 1. The van der Waals surface area contributed by atoms with Crippen LogP contribution in [0.4, 0.5) is 0 Å². The number of nitrogens with zero attached hydrogens (tertiary/aromatic N) is 2. The highest BCUT2D eigenvalue weighted by atomic mass is 16.7. The minimum absolute atomic E-state index is 0.0307. The Labute approximate surface area is 345 Å². The number of methoxy groups -OCH3 is 2. The van der Waals surface area contributed by atoms with Crippen LogP contribution in [0.15, 0.2) is 5.16 Å². The lowest BCUT2D eigenvalue weighted by Crippen LogP contribution is -2.61. The number of aliphatic hydroxyl groups excluding tert-OH is 3. The molecular weight excluding hydrogens is 760 g/mol. The summed E-state index contributed by atoms with van der Waals surface area (Å²) in [4.78, 5) is 21.8. The molecule has 0 aromatic rings. The van der Waals surface area contributed by atoms with Gasteiger partial charge in [-0.3, -0.25) is 4.79 Å². The van der Waals surface area contributed by atoms with Crippen molar-refractivity contribution in [2.45, 2.75) is 179 Å². The van der Waals surface area contributed by atoms with Gasteiger partial charge in [0.25, 0.3) is 0 Å². The largest absolute Gasteiger partial charge is 0.459 e. The number of ether oxygens (including phenoxy) is 8. The van der Waals surface area contributed by atoms with Gasteiger partial charge < -0.3 is 73.2 Å². The first-order valence-corrected chi connectivity index (χ1v) is 20.8. The molecule has 3 aliphatic heterocycles. The summed E-state index contributed by atoms with van der Waals surface area (Å²) in [5.41, 5.74) is -4.49. The van der Waals surface area contributed by atoms with Crippen LogP contribution in [-0.4, -0.2) is 175 Å². The van der Waals surface area contributed by atoms with Crippen molar-refractivity contribution in [3.8, 4) is 0 Å². The summed E-state index contributed by atoms with van der Waals surface area (Å²) in [6.07, 6.45) is -9.49. The number of hydrogen-bond donors (Lipinski definition) is 5. The van der Waals surface area contributed by atoms with E-state index in [1.165, 1.54) is 14.0 Å². The molecule has 58 heavy (non-hydrogen) atoms. The van der Waals surface area contributed by atoms with Crippen LogP contribution in [0.25, 0.3) is 0 Å². The molecule has 0 aromatic heterocycles. The van der Waals surface area contributed by atoms with Crippen molar-refractivity contribution < 1.29 is 73.1 Å². The standard InChI is InChI=1S/C41H76N2O15/c1-15-29-41(10,49)34(45)24(4)31(42-53-21-52-17-16-50-13)22(2)19-39(8,48)36(58-38-32(44)28(43(11)12)18-23(3)54-38)25(5)33(26(6)37(47)56-29)57-30-20-40(9,51-14)35(46)27(7)55-30/h22-30,32-36,38,44-46,48-49H,15-21H2,1-14H3/b42-31-/t22-,23-,24+,25+,26-,27+,28+,29-,30+,32-,33+,34-,35+,36-,38+,39+,40-,41-/m1/s1. The monoisotopic (exact) mass is 837 g/mol. The Morgan fingerprint density at radius 2 is 1.55 bits per heavy atom. The topological polar surface area (TPSA) is 217 Å². The lowest BCUT2D eigenvalue weighted by atomic mass is 9.73. The number of rotatable bonds is 13. The zero-order chi connectivity index (χ0) is 43.9. The Hall–Kier alpha value is -1.58. The van der Waals surface area contributed by atoms with E-state index in [1.54, 1.807) is 55.6 Å². The van der Waals surface area contributed by atoms with Gasteiger partial charge in [0.1, 0.15) is 23.9 Å². The van der Waals surface area contributed by atoms with Crippen LogP contribution in [0, 0.1) is 23.7 Å². The smallest absolute Gasteiger partial charge is 0.311 e. The highest BCUT2D eigenvalue weighted by Gasteiger charge is 2.53. The van der Waals surface area contributed by atoms with Gasteiger partial charge in [0.05, 0.1) is 66.6 Å². The van der Waals surface area contributed by atoms with Crippen LogP contribution < -0.4 is 0 Å². The van der Waals surface area contributed by atoms with Crippen molar-refractivity contribution >= 4 is 11.7 Å². The molecule has 0 unspecified atom stereocenters. The van der Waals surface area contributed by atoms with Crippen molar-refractivity contribution in [1.82, 2.24) is 4.90 Å². The lowest BCUT2D eigenvalue weighted by molar-refractivity contribution is -0.317. The van der Waals surface area contributed by atoms with E-state index < -0.39 is 102 Å². The number of likely N-dealkylation sites (N-methyl/N-ethyl adjacent to an activating group) is 1. The normalized spacial score (nSPS) is 45.8. The molecule has 18 atom stereocenters. The zero-order valence-electron chi connectivity index (χ0n) is 37.3. The molecule has 3 aliphatic rings. The van der Waals surface area contributed by atoms with Gasteiger partial charge in [0, 0.05) is 44.4 Å². The number of aliphatic hydroxyl groups is 5. The molecule has 0 aliphatic carbocycles. The summed E-state index contributed by atoms with van der Waals surface area (Å²) in [5, 5.41) is 63.6. The maximum Gasteiger partial charge on any atom is 0.311 e. The highest BCUT2D eigenvalue weighted by molar-refractivity contribution is 5.88. The van der Waals surface area contributed by atoms with E-state index in [0.29, 0.717) is 18.7 Å². The third-order valence-electron chi connectivity index (χ3n) is 12.6. The van der Waals surface area contributed by atoms with Crippen LogP contribution in [0.3, 0.4) is 0 Å². The first kappa shape index (κ1) is 50.8. The van der Waals surface area contributed by atoms with Crippen molar-refractivity contribution in [3.63, 3.8) is 0 Å². The lowest BCUT2D eigenvalue weighted by Gasteiger charge is -2.49. The molecule has 0 spiro atoms. The summed E-state index contributed by atoms with van der Waals surface area (Å²) in [5.74, 6) is -4.14. The van der Waals surface area contributed by atoms with E-state index in [1.807, 2.05) is 32.8 Å². The van der Waals surface area contributed by atoms with E-state index >= 15 is 0 Å². The van der Waals surface area contributed by atoms with Crippen molar-refractivity contribution in [1.29, 1.82) is 0 Å². The van der Waals surface area contributed by atoms with E-state index in [2.05, 4.69) is 5.16 Å². The van der Waals surface area contributed by atoms with E-state index in [4.69, 9.17) is 42.7 Å². The van der Waals surface area contributed by atoms with Gasteiger partial charge in [-0.2, -0.15) is 0 Å². The molecule has 0 radical (unpaired) electrons. The van der Waals surface area contributed by atoms with Crippen LogP contribution in [-0.2, 0) is 47.5 Å². The molecule has 340 valence electrons. The maximum atomic E-state index is 14.3. The molecular formula is C41H76N2O15. The maximum absolute atomic E-state index is 14.3. The van der Waals surface area contributed by atoms with Crippen LogP contribution in [0.2, 0.25) is 0 Å². The fourth-order valence-electron chi connectivity index (χ4n) is 8.93. The first-order valence-electron chi connectivity index (χ1n) is 20.8. The molecule has 17 heteroatoms. The zero-order valence-corrected chi connectivity index (χ0v) is 37.3. The highest BCUT2D eigenvalue weighted by Crippen LogP contribution is 2.41. The predicted octanol–water partition coefficient (Wildman–Crippen LogP) is 2.21. The quantitative estimate of drug-likeness (QED) is 0.0778. The number of esters is 1. The Bertz CT molecular complexity index is 1300. The summed E-state index contributed by atoms with van der Waals surface area (Å²) < 4.78 is 48.1. The van der Waals surface area contributed by atoms with Gasteiger partial charge in [0.2, 0.25) is 6.79 Å². The van der Waals surface area contributed by atoms with Gasteiger partial charge >= 0.3 is 5.97 Å². The molecule has 3 heterocycles. The van der Waals surface area contributed by atoms with Crippen LogP contribution in [0.5, 0.6) is 0 Å². The number of oxime groups is 1. The van der Waals surface area contributed by atoms with Gasteiger partial charge in [-0.1, -0.05) is 32.9 Å². The molecule has 3 fully saturated rings. The minimum Gasteiger partial charge on any atom is -0.459 e. The third kappa shape index (κ3) is 12.1. The predicted molar refractivity (Wildman–Crippen MR) is 212 cm³/mol. The third-order valence-corrected chi connectivity index (χ3v) is 12.6. The average molecular weight is 837 g/mol. The van der Waals surface area contributed by atoms with Gasteiger partial charge in [-0.25, -0.2) is 0 Å². The molecule has 0 bridgehead atoms. The molecule has 3 saturated heterocycles. The SMILES string of the molecule is CC[C@H]1OC(=O)[C@H](C)[C@@H](O[C@H]2C[C@@](C)(OC)[C@@H](O)[C@H](C)O2)[C@H](C)[C@@H](O[C@@H]2O[C@H](C)C[C@H](N(C)C)[C@H]2O)[C@@](C)(O)C[C@@H](C)/C(=N/OCOCCOC)[C@H](C)[C@@H](O)[C@]1(C)O. The Morgan fingerprint density at radius 1 is 0.897 bits per heavy atom. The second-order valence-electron chi connectivity index (χ2n) is 17.7. The minimum atomic E-state index is -1.97. The summed E-state index contributed by atoms with van der Waals surface area (Å²) in [6.45, 7) is 17.3. The molecule has 0 saturated carbocycles. The average Bonchev–Trinajstić information content (AvgIpc) is 3.15. The van der Waals surface area contributed by atoms with Crippen LogP contribution >= 0.6 is 0 Å². The van der Waals surface area contributed by atoms with Gasteiger partial charge in [-0.05, 0) is 74.9 Å². The van der Waals surface area contributed by atoms with Gasteiger partial charge in [-0.15, -0.1) is 0 Å². The van der Waals surface area contributed by atoms with Gasteiger partial charge in [0.15, 0.2) is 12.6 Å². The number of carbonyl (C=O) groups excluding carboxylic acids is 1. The summed E-state index contributed by atoms with van der Waals surface area (Å²) >= 11 is 0. The fourth-order valence-corrected chi connectivity index (χ4v) is 8.93. The Kier molecular flexibility index (Phi) is 18.8. The molecule has 5 N–H and O–H groups in total. The Morgan fingerprint density at radius 3 is 2.14 bits per heavy atom. The molecule has 0 aromatic carbocycles. The molecule has 17 nitrogen and oxygen atoms in total. The fraction of sp³-hybridized carbons (Fsp3) is 0.951.